The molecule has 0 radical (unpaired) electrons. The van der Waals surface area contributed by atoms with Crippen LogP contribution in [0.25, 0.3) is 0 Å². The Morgan fingerprint density at radius 3 is 2.50 bits per heavy atom. The molecule has 0 saturated heterocycles. The zero-order chi connectivity index (χ0) is 11.2. The molecule has 0 fully saturated rings. The molecule has 0 heterocycles. The quantitative estimate of drug-likeness (QED) is 0.622. The van der Waals surface area contributed by atoms with E-state index in [2.05, 4.69) is 13.8 Å². The molecule has 0 spiro atoms. The van der Waals surface area contributed by atoms with Gasteiger partial charge in [-0.15, -0.1) is 0 Å². The van der Waals surface area contributed by atoms with Gasteiger partial charge in [0, 0.05) is 0 Å². The van der Waals surface area contributed by atoms with Crippen molar-refractivity contribution in [1.82, 2.24) is 0 Å². The first-order valence-electron chi connectivity index (χ1n) is 5.42. The predicted molar refractivity (Wildman–Crippen MR) is 58.2 cm³/mol. The van der Waals surface area contributed by atoms with Crippen LogP contribution in [-0.2, 0) is 4.79 Å². The molecule has 0 aliphatic heterocycles. The summed E-state index contributed by atoms with van der Waals surface area (Å²) in [5.41, 5.74) is 4.60. The van der Waals surface area contributed by atoms with Crippen molar-refractivity contribution in [3.05, 3.63) is 0 Å². The Bertz CT molecular complexity index is 178. The van der Waals surface area contributed by atoms with E-state index in [1.807, 2.05) is 0 Å². The van der Waals surface area contributed by atoms with Crippen molar-refractivity contribution < 1.29 is 9.90 Å². The minimum Gasteiger partial charge on any atom is -0.480 e. The van der Waals surface area contributed by atoms with E-state index in [0.29, 0.717) is 12.3 Å². The third-order valence-electron chi connectivity index (χ3n) is 2.56. The maximum Gasteiger partial charge on any atom is 0.323 e. The topological polar surface area (TPSA) is 63.3 Å². The van der Waals surface area contributed by atoms with Crippen LogP contribution in [0.2, 0.25) is 0 Å². The molecule has 14 heavy (non-hydrogen) atoms. The fraction of sp³-hybridized carbons (Fsp3) is 0.909. The van der Waals surface area contributed by atoms with Gasteiger partial charge in [0.1, 0.15) is 5.54 Å². The summed E-state index contributed by atoms with van der Waals surface area (Å²) in [7, 11) is 0. The second kappa shape index (κ2) is 6.02. The summed E-state index contributed by atoms with van der Waals surface area (Å²) in [6.45, 7) is 5.82. The van der Waals surface area contributed by atoms with Crippen LogP contribution in [0.5, 0.6) is 0 Å². The summed E-state index contributed by atoms with van der Waals surface area (Å²) in [6, 6.07) is 0. The fourth-order valence-electron chi connectivity index (χ4n) is 1.66. The van der Waals surface area contributed by atoms with Crippen LogP contribution in [-0.4, -0.2) is 16.6 Å². The minimum absolute atomic E-state index is 0.396. The molecule has 3 nitrogen and oxygen atoms in total. The second-order valence-corrected chi connectivity index (χ2v) is 4.53. The van der Waals surface area contributed by atoms with E-state index in [0.717, 1.165) is 6.42 Å². The van der Waals surface area contributed by atoms with Crippen molar-refractivity contribution in [2.75, 3.05) is 0 Å². The van der Waals surface area contributed by atoms with Crippen LogP contribution in [0.15, 0.2) is 0 Å². The lowest BCUT2D eigenvalue weighted by atomic mass is 9.88. The Balaban J connectivity index is 3.81. The van der Waals surface area contributed by atoms with Gasteiger partial charge in [0.25, 0.3) is 0 Å². The zero-order valence-electron chi connectivity index (χ0n) is 9.55. The van der Waals surface area contributed by atoms with Crippen LogP contribution in [0.1, 0.15) is 52.9 Å². The number of hydrogen-bond donors (Lipinski definition) is 2. The van der Waals surface area contributed by atoms with E-state index in [-0.39, 0.29) is 0 Å². The highest BCUT2D eigenvalue weighted by Gasteiger charge is 2.29. The number of carboxylic acids is 1. The molecule has 84 valence electrons. The molecular formula is C11H23NO2. The van der Waals surface area contributed by atoms with Gasteiger partial charge in [-0.05, 0) is 19.3 Å². The predicted octanol–water partition coefficient (Wildman–Crippen LogP) is 2.39. The van der Waals surface area contributed by atoms with Crippen LogP contribution in [0, 0.1) is 5.92 Å². The highest BCUT2D eigenvalue weighted by atomic mass is 16.4. The Kier molecular flexibility index (Phi) is 5.77. The van der Waals surface area contributed by atoms with Gasteiger partial charge in [-0.1, -0.05) is 39.5 Å². The lowest BCUT2D eigenvalue weighted by Crippen LogP contribution is -2.46. The van der Waals surface area contributed by atoms with E-state index >= 15 is 0 Å². The Morgan fingerprint density at radius 1 is 1.50 bits per heavy atom. The molecule has 0 aromatic rings. The average molecular weight is 201 g/mol. The number of carboxylic acid groups (broad SMARTS) is 1. The Labute approximate surface area is 86.7 Å². The summed E-state index contributed by atoms with van der Waals surface area (Å²) >= 11 is 0. The molecule has 0 amide bonds. The third kappa shape index (κ3) is 5.22. The van der Waals surface area contributed by atoms with Crippen LogP contribution >= 0.6 is 0 Å². The Hall–Kier alpha value is -0.570. The molecule has 3 heteroatoms. The molecule has 0 rings (SSSR count). The van der Waals surface area contributed by atoms with Gasteiger partial charge in [0.05, 0.1) is 0 Å². The largest absolute Gasteiger partial charge is 0.480 e. The van der Waals surface area contributed by atoms with Gasteiger partial charge >= 0.3 is 5.97 Å². The average Bonchev–Trinajstić information content (AvgIpc) is 2.03. The molecule has 0 saturated carbocycles. The van der Waals surface area contributed by atoms with Gasteiger partial charge in [-0.25, -0.2) is 0 Å². The molecule has 0 bridgehead atoms. The van der Waals surface area contributed by atoms with Gasteiger partial charge in [0.15, 0.2) is 0 Å². The van der Waals surface area contributed by atoms with Crippen LogP contribution in [0.3, 0.4) is 0 Å². The zero-order valence-corrected chi connectivity index (χ0v) is 9.55. The SMILES string of the molecule is CCCCC[C@H](C)C[C@@](C)(N)C(=O)O. The van der Waals surface area contributed by atoms with Crippen molar-refractivity contribution in [3.63, 3.8) is 0 Å². The van der Waals surface area contributed by atoms with Gasteiger partial charge in [-0.3, -0.25) is 4.79 Å². The molecule has 2 atom stereocenters. The van der Waals surface area contributed by atoms with Gasteiger partial charge < -0.3 is 10.8 Å². The lowest BCUT2D eigenvalue weighted by molar-refractivity contribution is -0.143. The maximum atomic E-state index is 10.8. The van der Waals surface area contributed by atoms with Gasteiger partial charge in [-0.2, -0.15) is 0 Å². The van der Waals surface area contributed by atoms with Crippen molar-refractivity contribution in [1.29, 1.82) is 0 Å². The summed E-state index contributed by atoms with van der Waals surface area (Å²) in [4.78, 5) is 10.8. The van der Waals surface area contributed by atoms with E-state index in [9.17, 15) is 4.79 Å². The fourth-order valence-corrected chi connectivity index (χ4v) is 1.66. The third-order valence-corrected chi connectivity index (χ3v) is 2.56. The highest BCUT2D eigenvalue weighted by Crippen LogP contribution is 2.19. The maximum absolute atomic E-state index is 10.8. The molecule has 0 aliphatic carbocycles. The number of hydrogen-bond acceptors (Lipinski definition) is 2. The summed E-state index contributed by atoms with van der Waals surface area (Å²) in [5.74, 6) is -0.507. The first-order valence-corrected chi connectivity index (χ1v) is 5.42. The molecule has 0 aromatic heterocycles. The van der Waals surface area contributed by atoms with Crippen molar-refractivity contribution >= 4 is 5.97 Å². The van der Waals surface area contributed by atoms with E-state index in [1.165, 1.54) is 19.3 Å². The number of rotatable bonds is 7. The number of carbonyl (C=O) groups is 1. The number of aliphatic carboxylic acids is 1. The number of nitrogens with two attached hydrogens (primary N) is 1. The van der Waals surface area contributed by atoms with Crippen molar-refractivity contribution in [3.8, 4) is 0 Å². The summed E-state index contributed by atoms with van der Waals surface area (Å²) < 4.78 is 0. The smallest absolute Gasteiger partial charge is 0.323 e. The molecule has 3 N–H and O–H groups in total. The van der Waals surface area contributed by atoms with Gasteiger partial charge in [0.2, 0.25) is 0 Å². The van der Waals surface area contributed by atoms with Crippen molar-refractivity contribution in [2.24, 2.45) is 11.7 Å². The number of unbranched alkanes of at least 4 members (excludes halogenated alkanes) is 2. The standard InChI is InChI=1S/C11H23NO2/c1-4-5-6-7-9(2)8-11(3,12)10(13)14/h9H,4-8,12H2,1-3H3,(H,13,14)/t9-,11+/m0/s1. The monoisotopic (exact) mass is 201 g/mol. The van der Waals surface area contributed by atoms with Crippen LogP contribution < -0.4 is 5.73 Å². The lowest BCUT2D eigenvalue weighted by Gasteiger charge is -2.23. The molecule has 0 aromatic carbocycles. The first kappa shape index (κ1) is 13.4. The van der Waals surface area contributed by atoms with E-state index < -0.39 is 11.5 Å². The van der Waals surface area contributed by atoms with E-state index in [4.69, 9.17) is 10.8 Å². The van der Waals surface area contributed by atoms with E-state index in [1.54, 1.807) is 6.92 Å². The minimum atomic E-state index is -1.06. The molecule has 0 aliphatic rings. The first-order chi connectivity index (χ1) is 6.40. The van der Waals surface area contributed by atoms with Crippen molar-refractivity contribution in [2.45, 2.75) is 58.4 Å². The molecule has 0 unspecified atom stereocenters. The highest BCUT2D eigenvalue weighted by molar-refractivity contribution is 5.77. The second-order valence-electron chi connectivity index (χ2n) is 4.53. The molecular weight excluding hydrogens is 178 g/mol. The normalized spacial score (nSPS) is 17.4. The summed E-state index contributed by atoms with van der Waals surface area (Å²) in [5, 5.41) is 8.84. The summed E-state index contributed by atoms with van der Waals surface area (Å²) in [6.07, 6.45) is 5.23. The Morgan fingerprint density at radius 2 is 2.07 bits per heavy atom. The van der Waals surface area contributed by atoms with Crippen LogP contribution in [0.4, 0.5) is 0 Å².